The summed E-state index contributed by atoms with van der Waals surface area (Å²) in [5.74, 6) is 0.333. The van der Waals surface area contributed by atoms with Gasteiger partial charge in [0.2, 0.25) is 0 Å². The van der Waals surface area contributed by atoms with Gasteiger partial charge >= 0.3 is 0 Å². The Labute approximate surface area is 63.6 Å². The molecule has 2 nitrogen and oxygen atoms in total. The SMILES string of the molecule is [B]c1cc(OO)ccc1[Si]. The van der Waals surface area contributed by atoms with Crippen molar-refractivity contribution >= 4 is 28.7 Å². The van der Waals surface area contributed by atoms with Crippen molar-refractivity contribution in [3.8, 4) is 5.75 Å². The highest BCUT2D eigenvalue weighted by Crippen LogP contribution is 2.02. The van der Waals surface area contributed by atoms with Crippen molar-refractivity contribution in [3.05, 3.63) is 18.2 Å². The monoisotopic (exact) mass is 147 g/mol. The molecule has 47 valence electrons. The molecule has 0 atom stereocenters. The van der Waals surface area contributed by atoms with Crippen LogP contribution >= 0.6 is 0 Å². The van der Waals surface area contributed by atoms with Crippen LogP contribution in [-0.4, -0.2) is 23.3 Å². The molecule has 1 aromatic carbocycles. The van der Waals surface area contributed by atoms with E-state index in [9.17, 15) is 0 Å². The minimum absolute atomic E-state index is 0.333. The Hall–Kier alpha value is -0.738. The number of hydrogen-bond donors (Lipinski definition) is 1. The summed E-state index contributed by atoms with van der Waals surface area (Å²) >= 11 is 0. The van der Waals surface area contributed by atoms with E-state index < -0.39 is 0 Å². The Kier molecular flexibility index (Phi) is 2.14. The fraction of sp³-hybridized carbons (Fsp3) is 0. The van der Waals surface area contributed by atoms with Gasteiger partial charge in [0.25, 0.3) is 0 Å². The molecule has 1 aromatic rings. The predicted molar refractivity (Wildman–Crippen MR) is 40.5 cm³/mol. The molecule has 0 saturated carbocycles. The van der Waals surface area contributed by atoms with Crippen LogP contribution in [0.2, 0.25) is 0 Å². The molecule has 0 unspecified atom stereocenters. The Morgan fingerprint density at radius 3 is 2.70 bits per heavy atom. The molecular weight excluding hydrogens is 143 g/mol. The van der Waals surface area contributed by atoms with Crippen LogP contribution in [0.15, 0.2) is 18.2 Å². The first-order valence-electron chi connectivity index (χ1n) is 2.66. The lowest BCUT2D eigenvalue weighted by Gasteiger charge is -2.00. The van der Waals surface area contributed by atoms with E-state index in [1.165, 1.54) is 6.07 Å². The highest BCUT2D eigenvalue weighted by molar-refractivity contribution is 6.48. The van der Waals surface area contributed by atoms with E-state index in [0.29, 0.717) is 11.2 Å². The molecule has 0 aliphatic heterocycles. The third-order valence-electron chi connectivity index (χ3n) is 1.13. The quantitative estimate of drug-likeness (QED) is 0.317. The minimum Gasteiger partial charge on any atom is -0.340 e. The van der Waals surface area contributed by atoms with Crippen molar-refractivity contribution in [3.63, 3.8) is 0 Å². The first kappa shape index (κ1) is 7.37. The first-order chi connectivity index (χ1) is 4.74. The van der Waals surface area contributed by atoms with Crippen LogP contribution in [0.1, 0.15) is 0 Å². The van der Waals surface area contributed by atoms with Crippen molar-refractivity contribution in [2.75, 3.05) is 0 Å². The van der Waals surface area contributed by atoms with E-state index in [0.717, 1.165) is 5.19 Å². The van der Waals surface area contributed by atoms with E-state index in [1.54, 1.807) is 12.1 Å². The normalized spacial score (nSPS) is 9.40. The van der Waals surface area contributed by atoms with Gasteiger partial charge in [0.15, 0.2) is 5.75 Å². The lowest BCUT2D eigenvalue weighted by atomic mass is 9.96. The summed E-state index contributed by atoms with van der Waals surface area (Å²) < 4.78 is 0. The van der Waals surface area contributed by atoms with E-state index >= 15 is 0 Å². The van der Waals surface area contributed by atoms with Gasteiger partial charge in [0.1, 0.15) is 7.85 Å². The van der Waals surface area contributed by atoms with Gasteiger partial charge in [0, 0.05) is 0 Å². The second-order valence-corrected chi connectivity index (χ2v) is 2.38. The maximum atomic E-state index is 8.18. The Bertz CT molecular complexity index is 239. The molecule has 0 aliphatic rings. The van der Waals surface area contributed by atoms with Gasteiger partial charge in [-0.3, -0.25) is 0 Å². The molecule has 0 spiro atoms. The van der Waals surface area contributed by atoms with Crippen LogP contribution in [0, 0.1) is 0 Å². The smallest absolute Gasteiger partial charge is 0.164 e. The van der Waals surface area contributed by atoms with E-state index in [2.05, 4.69) is 15.1 Å². The first-order valence-corrected chi connectivity index (χ1v) is 3.16. The lowest BCUT2D eigenvalue weighted by Crippen LogP contribution is -2.24. The van der Waals surface area contributed by atoms with Gasteiger partial charge < -0.3 is 4.89 Å². The zero-order chi connectivity index (χ0) is 7.56. The molecule has 10 heavy (non-hydrogen) atoms. The van der Waals surface area contributed by atoms with Gasteiger partial charge in [-0.25, -0.2) is 5.26 Å². The zero-order valence-electron chi connectivity index (χ0n) is 5.16. The second-order valence-electron chi connectivity index (χ2n) is 1.84. The van der Waals surface area contributed by atoms with Crippen molar-refractivity contribution in [2.45, 2.75) is 0 Å². The molecule has 5 radical (unpaired) electrons. The van der Waals surface area contributed by atoms with Gasteiger partial charge in [-0.1, -0.05) is 16.7 Å². The number of hydrogen-bond acceptors (Lipinski definition) is 2. The van der Waals surface area contributed by atoms with Crippen LogP contribution < -0.4 is 15.5 Å². The minimum atomic E-state index is 0.333. The topological polar surface area (TPSA) is 29.5 Å². The summed E-state index contributed by atoms with van der Waals surface area (Å²) in [5.41, 5.74) is 0.531. The average molecular weight is 147 g/mol. The maximum Gasteiger partial charge on any atom is 0.164 e. The molecule has 0 saturated heterocycles. The van der Waals surface area contributed by atoms with E-state index in [-0.39, 0.29) is 0 Å². The number of rotatable bonds is 1. The van der Waals surface area contributed by atoms with Gasteiger partial charge in [-0.05, 0) is 12.1 Å². The summed E-state index contributed by atoms with van der Waals surface area (Å²) in [5, 5.41) is 8.96. The van der Waals surface area contributed by atoms with E-state index in [4.69, 9.17) is 13.1 Å². The van der Waals surface area contributed by atoms with Gasteiger partial charge in [-0.15, -0.1) is 0 Å². The third-order valence-corrected chi connectivity index (χ3v) is 1.58. The summed E-state index contributed by atoms with van der Waals surface area (Å²) in [7, 11) is 8.70. The number of benzene rings is 1. The summed E-state index contributed by atoms with van der Waals surface area (Å²) in [6.45, 7) is 0. The van der Waals surface area contributed by atoms with Crippen molar-refractivity contribution < 1.29 is 10.1 Å². The summed E-state index contributed by atoms with van der Waals surface area (Å²) in [6.07, 6.45) is 0. The highest BCUT2D eigenvalue weighted by Gasteiger charge is 1.94. The molecule has 0 aliphatic carbocycles. The molecule has 0 heterocycles. The van der Waals surface area contributed by atoms with Crippen LogP contribution in [0.25, 0.3) is 0 Å². The fourth-order valence-corrected chi connectivity index (χ4v) is 0.753. The lowest BCUT2D eigenvalue weighted by molar-refractivity contribution is -0.137. The molecule has 0 bridgehead atoms. The molecule has 4 heteroatoms. The average Bonchev–Trinajstić information content (AvgIpc) is 1.95. The molecular formula is C6H4BO2Si. The summed E-state index contributed by atoms with van der Waals surface area (Å²) in [4.78, 5) is 3.95. The van der Waals surface area contributed by atoms with Crippen molar-refractivity contribution in [2.24, 2.45) is 0 Å². The van der Waals surface area contributed by atoms with Crippen molar-refractivity contribution in [1.29, 1.82) is 0 Å². The molecule has 0 aromatic heterocycles. The van der Waals surface area contributed by atoms with Crippen LogP contribution in [0.3, 0.4) is 0 Å². The summed E-state index contributed by atoms with van der Waals surface area (Å²) in [6, 6.07) is 4.80. The van der Waals surface area contributed by atoms with Gasteiger partial charge in [-0.2, -0.15) is 0 Å². The maximum absolute atomic E-state index is 8.18. The van der Waals surface area contributed by atoms with E-state index in [1.807, 2.05) is 0 Å². The second kappa shape index (κ2) is 2.90. The standard InChI is InChI=1S/C6H4BO2Si/c7-5-3-4(9-8)1-2-6(5)10/h1-3,8H. The molecule has 1 rings (SSSR count). The predicted octanol–water partition coefficient (Wildman–Crippen LogP) is -0.874. The van der Waals surface area contributed by atoms with Gasteiger partial charge in [0.05, 0.1) is 10.2 Å². The molecule has 0 fully saturated rings. The third kappa shape index (κ3) is 1.40. The van der Waals surface area contributed by atoms with Crippen LogP contribution in [-0.2, 0) is 0 Å². The largest absolute Gasteiger partial charge is 0.340 e. The zero-order valence-corrected chi connectivity index (χ0v) is 6.16. The highest BCUT2D eigenvalue weighted by atomic mass is 28.1. The Morgan fingerprint density at radius 1 is 1.50 bits per heavy atom. The molecule has 0 amide bonds. The van der Waals surface area contributed by atoms with Crippen LogP contribution in [0.5, 0.6) is 5.75 Å². The fourth-order valence-electron chi connectivity index (χ4n) is 0.598. The Morgan fingerprint density at radius 2 is 2.20 bits per heavy atom. The van der Waals surface area contributed by atoms with Crippen molar-refractivity contribution in [1.82, 2.24) is 0 Å². The van der Waals surface area contributed by atoms with Crippen LogP contribution in [0.4, 0.5) is 0 Å². The Balaban J connectivity index is 3.04. The molecule has 1 N–H and O–H groups in total.